The smallest absolute Gasteiger partial charge is 0.324 e. The summed E-state index contributed by atoms with van der Waals surface area (Å²) < 4.78 is 11.1. The van der Waals surface area contributed by atoms with Crippen molar-refractivity contribution in [2.45, 2.75) is 24.7 Å². The van der Waals surface area contributed by atoms with E-state index in [0.29, 0.717) is 12.0 Å². The van der Waals surface area contributed by atoms with Gasteiger partial charge in [-0.25, -0.2) is 0 Å². The van der Waals surface area contributed by atoms with Crippen molar-refractivity contribution in [3.05, 3.63) is 48.5 Å². The molecule has 1 aromatic heterocycles. The van der Waals surface area contributed by atoms with Crippen molar-refractivity contribution in [3.8, 4) is 0 Å². The number of aromatic nitrogens is 2. The van der Waals surface area contributed by atoms with E-state index in [4.69, 9.17) is 9.79 Å². The van der Waals surface area contributed by atoms with E-state index >= 15 is 0 Å². The fraction of sp³-hybridized carbons (Fsp3) is 0.333. The summed E-state index contributed by atoms with van der Waals surface area (Å²) in [7, 11) is -4.17. The molecule has 0 radical (unpaired) electrons. The van der Waals surface area contributed by atoms with Crippen LogP contribution in [0.15, 0.2) is 21.7 Å². The van der Waals surface area contributed by atoms with Gasteiger partial charge in [0.1, 0.15) is 0 Å². The summed E-state index contributed by atoms with van der Waals surface area (Å²) in [5, 5.41) is 13.9. The van der Waals surface area contributed by atoms with Gasteiger partial charge in [0.25, 0.3) is 5.69 Å². The predicted molar refractivity (Wildman–Crippen MR) is 93.2 cm³/mol. The molecule has 0 bridgehead atoms. The number of hydrogen-bond donors (Lipinski definition) is 5. The van der Waals surface area contributed by atoms with Gasteiger partial charge in [-0.1, -0.05) is 0 Å². The third-order valence-corrected chi connectivity index (χ3v) is 5.29. The topological polar surface area (TPSA) is 178 Å². The van der Waals surface area contributed by atoms with E-state index < -0.39 is 35.3 Å². The Labute approximate surface area is 149 Å². The van der Waals surface area contributed by atoms with Crippen LogP contribution in [0, 0.1) is 10.1 Å². The fourth-order valence-corrected chi connectivity index (χ4v) is 3.62. The van der Waals surface area contributed by atoms with Crippen molar-refractivity contribution in [3.63, 3.8) is 0 Å². The molecule has 1 aliphatic carbocycles. The van der Waals surface area contributed by atoms with Crippen LogP contribution in [0.3, 0.4) is 0 Å². The Kier molecular flexibility index (Phi) is 5.30. The molecule has 1 heterocycles. The van der Waals surface area contributed by atoms with Gasteiger partial charge in [-0.15, -0.1) is 17.0 Å². The van der Waals surface area contributed by atoms with Gasteiger partial charge in [-0.2, -0.15) is 0 Å². The maximum Gasteiger partial charge on any atom is 0.330 e. The summed E-state index contributed by atoms with van der Waals surface area (Å²) in [6.45, 7) is 0.0430. The standard InChI is InChI=1S/C12H13N4O7P.BrH/c17-11-12(18)15-10-5(1-6(16(19)20)2-8(10)14-11)4-13-7-3-9(7)24(21,22)23;/h1-2,7,9,13H,3-4H2,(H,14,17)(H,15,18)(H2,21,22,23);1H/t7-,9-;/m1./s1. The number of hydrogen-bond acceptors (Lipinski definition) is 6. The number of fused-ring (bicyclic) bond motifs is 1. The van der Waals surface area contributed by atoms with Crippen molar-refractivity contribution in [1.82, 2.24) is 15.3 Å². The lowest BCUT2D eigenvalue weighted by atomic mass is 10.1. The van der Waals surface area contributed by atoms with Crippen LogP contribution in [-0.2, 0) is 11.1 Å². The maximum absolute atomic E-state index is 11.5. The molecule has 11 nitrogen and oxygen atoms in total. The van der Waals surface area contributed by atoms with E-state index in [0.717, 1.165) is 6.07 Å². The van der Waals surface area contributed by atoms with Crippen molar-refractivity contribution < 1.29 is 19.3 Å². The first-order valence-electron chi connectivity index (χ1n) is 6.89. The lowest BCUT2D eigenvalue weighted by Crippen LogP contribution is -2.29. The van der Waals surface area contributed by atoms with Crippen LogP contribution >= 0.6 is 24.6 Å². The number of benzene rings is 1. The molecular formula is C12H14BrN4O7P. The third kappa shape index (κ3) is 4.05. The zero-order valence-electron chi connectivity index (χ0n) is 12.5. The molecule has 1 aromatic carbocycles. The highest BCUT2D eigenvalue weighted by Gasteiger charge is 2.49. The molecule has 0 saturated heterocycles. The second-order valence-electron chi connectivity index (χ2n) is 5.57. The number of nitro groups is 1. The number of non-ortho nitro benzene ring substituents is 1. The van der Waals surface area contributed by atoms with Crippen molar-refractivity contribution in [2.24, 2.45) is 0 Å². The molecule has 1 aliphatic rings. The minimum atomic E-state index is -4.17. The molecule has 13 heteroatoms. The Morgan fingerprint density at radius 3 is 2.48 bits per heavy atom. The van der Waals surface area contributed by atoms with Crippen LogP contribution in [0.5, 0.6) is 0 Å². The number of nitrogens with one attached hydrogen (secondary N) is 3. The number of rotatable bonds is 5. The Balaban J connectivity index is 0.00000225. The first-order chi connectivity index (χ1) is 11.2. The normalized spacial score (nSPS) is 19.4. The van der Waals surface area contributed by atoms with E-state index in [1.54, 1.807) is 0 Å². The second-order valence-corrected chi connectivity index (χ2v) is 7.41. The monoisotopic (exact) mass is 436 g/mol. The highest BCUT2D eigenvalue weighted by Crippen LogP contribution is 2.54. The zero-order chi connectivity index (χ0) is 17.6. The SMILES string of the molecule is Br.O=c1[nH]c2cc([N+](=O)[O-])cc(CN[C@@H]3C[C@H]3P(=O)(O)O)c2[nH]c1=O. The van der Waals surface area contributed by atoms with Gasteiger partial charge in [0.15, 0.2) is 0 Å². The first kappa shape index (κ1) is 19.5. The average Bonchev–Trinajstić information content (AvgIpc) is 3.25. The van der Waals surface area contributed by atoms with Crippen LogP contribution in [0.2, 0.25) is 0 Å². The summed E-state index contributed by atoms with van der Waals surface area (Å²) in [5.74, 6) is 0. The molecule has 3 rings (SSSR count). The summed E-state index contributed by atoms with van der Waals surface area (Å²) >= 11 is 0. The number of nitrogens with zero attached hydrogens (tertiary/aromatic N) is 1. The molecule has 136 valence electrons. The minimum Gasteiger partial charge on any atom is -0.324 e. The van der Waals surface area contributed by atoms with Gasteiger partial charge in [0.2, 0.25) is 0 Å². The summed E-state index contributed by atoms with van der Waals surface area (Å²) in [5.41, 5.74) is -2.20. The van der Waals surface area contributed by atoms with Crippen molar-refractivity contribution in [1.29, 1.82) is 0 Å². The largest absolute Gasteiger partial charge is 0.330 e. The Morgan fingerprint density at radius 1 is 1.28 bits per heavy atom. The molecule has 0 amide bonds. The lowest BCUT2D eigenvalue weighted by Gasteiger charge is -2.08. The van der Waals surface area contributed by atoms with Crippen LogP contribution in [0.25, 0.3) is 11.0 Å². The molecule has 0 spiro atoms. The molecule has 25 heavy (non-hydrogen) atoms. The number of halogens is 1. The third-order valence-electron chi connectivity index (χ3n) is 3.85. The predicted octanol–water partition coefficient (Wildman–Crippen LogP) is 0.111. The molecule has 2 aromatic rings. The quantitative estimate of drug-likeness (QED) is 0.189. The van der Waals surface area contributed by atoms with Gasteiger partial charge in [0, 0.05) is 24.7 Å². The van der Waals surface area contributed by atoms with E-state index in [9.17, 15) is 24.3 Å². The summed E-state index contributed by atoms with van der Waals surface area (Å²) in [6.07, 6.45) is 0.296. The van der Waals surface area contributed by atoms with E-state index in [-0.39, 0.29) is 40.2 Å². The maximum atomic E-state index is 11.5. The highest BCUT2D eigenvalue weighted by atomic mass is 79.9. The fourth-order valence-electron chi connectivity index (χ4n) is 2.54. The van der Waals surface area contributed by atoms with Gasteiger partial charge in [-0.3, -0.25) is 24.3 Å². The second kappa shape index (κ2) is 6.81. The number of H-pyrrole nitrogens is 2. The highest BCUT2D eigenvalue weighted by molar-refractivity contribution is 8.93. The van der Waals surface area contributed by atoms with E-state index in [2.05, 4.69) is 15.3 Å². The van der Waals surface area contributed by atoms with Crippen LogP contribution in [-0.4, -0.2) is 36.4 Å². The molecule has 1 fully saturated rings. The zero-order valence-corrected chi connectivity index (χ0v) is 15.1. The van der Waals surface area contributed by atoms with Crippen molar-refractivity contribution in [2.75, 3.05) is 0 Å². The molecule has 1 saturated carbocycles. The number of aromatic amines is 2. The van der Waals surface area contributed by atoms with E-state index in [1.807, 2.05) is 0 Å². The van der Waals surface area contributed by atoms with Crippen LogP contribution in [0.1, 0.15) is 12.0 Å². The van der Waals surface area contributed by atoms with Crippen LogP contribution < -0.4 is 16.4 Å². The van der Waals surface area contributed by atoms with Gasteiger partial charge < -0.3 is 25.1 Å². The Bertz CT molecular complexity index is 997. The molecule has 0 unspecified atom stereocenters. The minimum absolute atomic E-state index is 0. The van der Waals surface area contributed by atoms with Crippen molar-refractivity contribution >= 4 is 41.3 Å². The molecule has 0 aliphatic heterocycles. The summed E-state index contributed by atoms with van der Waals surface area (Å²) in [6, 6.07) is 1.96. The van der Waals surface area contributed by atoms with Gasteiger partial charge >= 0.3 is 18.7 Å². The Morgan fingerprint density at radius 2 is 1.92 bits per heavy atom. The van der Waals surface area contributed by atoms with Gasteiger partial charge in [-0.05, 0) is 12.0 Å². The van der Waals surface area contributed by atoms with Crippen LogP contribution in [0.4, 0.5) is 5.69 Å². The molecule has 2 atom stereocenters. The molecule has 5 N–H and O–H groups in total. The van der Waals surface area contributed by atoms with E-state index in [1.165, 1.54) is 6.07 Å². The summed E-state index contributed by atoms with van der Waals surface area (Å²) in [4.78, 5) is 56.0. The van der Waals surface area contributed by atoms with Gasteiger partial charge in [0.05, 0.1) is 21.6 Å². The number of nitro benzene ring substituents is 1. The average molecular weight is 437 g/mol. The molecular weight excluding hydrogens is 423 g/mol. The lowest BCUT2D eigenvalue weighted by molar-refractivity contribution is -0.384. The first-order valence-corrected chi connectivity index (χ1v) is 8.57. The Hall–Kier alpha value is -1.85.